The Bertz CT molecular complexity index is 137. The molecule has 0 amide bonds. The maximum atomic E-state index is 11.7. The first kappa shape index (κ1) is 14.7. The summed E-state index contributed by atoms with van der Waals surface area (Å²) >= 11 is 0. The molecule has 0 aromatic heterocycles. The van der Waals surface area contributed by atoms with Crippen molar-refractivity contribution in [1.29, 1.82) is 0 Å². The number of ether oxygens (including phenoxy) is 1. The van der Waals surface area contributed by atoms with Gasteiger partial charge < -0.3 is 4.74 Å². The smallest absolute Gasteiger partial charge is 0.261 e. The molecule has 0 aliphatic carbocycles. The minimum atomic E-state index is -2.38. The molecule has 1 unspecified atom stereocenters. The van der Waals surface area contributed by atoms with E-state index in [9.17, 15) is 8.78 Å². The second-order valence-electron chi connectivity index (χ2n) is 3.61. The zero-order valence-corrected chi connectivity index (χ0v) is 9.35. The molecule has 0 heterocycles. The molecule has 0 fully saturated rings. The average molecular weight is 224 g/mol. The molecule has 0 saturated heterocycles. The van der Waals surface area contributed by atoms with Crippen molar-refractivity contribution < 1.29 is 13.5 Å². The lowest BCUT2D eigenvalue weighted by molar-refractivity contribution is 0.0141. The third kappa shape index (κ3) is 10.0. The molecule has 1 atom stereocenters. The second kappa shape index (κ2) is 10.3. The predicted molar refractivity (Wildman–Crippen MR) is 56.7 cm³/mol. The van der Waals surface area contributed by atoms with Crippen LogP contribution in [-0.4, -0.2) is 25.7 Å². The summed E-state index contributed by atoms with van der Waals surface area (Å²) in [5.74, 6) is 5.34. The molecule has 0 rings (SSSR count). The summed E-state index contributed by atoms with van der Waals surface area (Å²) in [6.45, 7) is 1.99. The van der Waals surface area contributed by atoms with Gasteiger partial charge in [-0.2, -0.15) is 0 Å². The van der Waals surface area contributed by atoms with Crippen LogP contribution in [0.1, 0.15) is 39.0 Å². The van der Waals surface area contributed by atoms with Crippen LogP contribution >= 0.6 is 0 Å². The third-order valence-corrected chi connectivity index (χ3v) is 2.25. The highest BCUT2D eigenvalue weighted by atomic mass is 19.3. The molecule has 0 spiro atoms. The number of rotatable bonds is 10. The summed E-state index contributed by atoms with van der Waals surface area (Å²) in [7, 11) is 0. The molecule has 0 aromatic carbocycles. The summed E-state index contributed by atoms with van der Waals surface area (Å²) in [5, 5.41) is 0. The highest BCUT2D eigenvalue weighted by molar-refractivity contribution is 4.63. The van der Waals surface area contributed by atoms with Gasteiger partial charge in [0.1, 0.15) is 6.61 Å². The van der Waals surface area contributed by atoms with Crippen molar-refractivity contribution in [2.75, 3.05) is 13.2 Å². The van der Waals surface area contributed by atoms with Gasteiger partial charge in [0.05, 0.1) is 0 Å². The number of alkyl halides is 2. The van der Waals surface area contributed by atoms with E-state index in [4.69, 9.17) is 10.6 Å². The summed E-state index contributed by atoms with van der Waals surface area (Å²) in [6.07, 6.45) is 2.74. The van der Waals surface area contributed by atoms with Gasteiger partial charge in [-0.05, 0) is 12.8 Å². The molecule has 3 N–H and O–H groups in total. The van der Waals surface area contributed by atoms with Crippen LogP contribution in [-0.2, 0) is 4.74 Å². The molecule has 0 radical (unpaired) electrons. The van der Waals surface area contributed by atoms with E-state index in [0.717, 1.165) is 12.8 Å². The maximum absolute atomic E-state index is 11.7. The summed E-state index contributed by atoms with van der Waals surface area (Å²) in [6, 6.07) is 0.175. The Labute approximate surface area is 90.3 Å². The Kier molecular flexibility index (Phi) is 10.1. The van der Waals surface area contributed by atoms with E-state index < -0.39 is 13.0 Å². The lowest BCUT2D eigenvalue weighted by Gasteiger charge is -2.15. The lowest BCUT2D eigenvalue weighted by atomic mass is 10.1. The van der Waals surface area contributed by atoms with E-state index in [1.54, 1.807) is 0 Å². The van der Waals surface area contributed by atoms with Gasteiger partial charge in [-0.25, -0.2) is 8.78 Å². The van der Waals surface area contributed by atoms with Gasteiger partial charge in [0.2, 0.25) is 0 Å². The van der Waals surface area contributed by atoms with Gasteiger partial charge >= 0.3 is 0 Å². The number of unbranched alkanes of at least 4 members (excludes halogenated alkanes) is 2. The highest BCUT2D eigenvalue weighted by Crippen LogP contribution is 2.06. The number of hydrogen-bond acceptors (Lipinski definition) is 3. The normalized spacial score (nSPS) is 13.4. The van der Waals surface area contributed by atoms with Crippen LogP contribution in [0.2, 0.25) is 0 Å². The number of halogens is 2. The Morgan fingerprint density at radius 2 is 2.00 bits per heavy atom. The Balaban J connectivity index is 3.35. The molecule has 5 heteroatoms. The Morgan fingerprint density at radius 1 is 1.27 bits per heavy atom. The van der Waals surface area contributed by atoms with Gasteiger partial charge in [-0.15, -0.1) is 0 Å². The van der Waals surface area contributed by atoms with Gasteiger partial charge in [0, 0.05) is 12.6 Å². The minimum Gasteiger partial charge on any atom is -0.375 e. The monoisotopic (exact) mass is 224 g/mol. The summed E-state index contributed by atoms with van der Waals surface area (Å²) in [4.78, 5) is 0. The Hall–Kier alpha value is -0.260. The van der Waals surface area contributed by atoms with Crippen LogP contribution in [0.4, 0.5) is 8.78 Å². The van der Waals surface area contributed by atoms with Crippen molar-refractivity contribution in [3.05, 3.63) is 0 Å². The number of nitrogens with two attached hydrogens (primary N) is 1. The average Bonchev–Trinajstić information content (AvgIpc) is 2.21. The van der Waals surface area contributed by atoms with Crippen LogP contribution < -0.4 is 11.3 Å². The van der Waals surface area contributed by atoms with Crippen molar-refractivity contribution in [1.82, 2.24) is 5.43 Å². The molecule has 0 bridgehead atoms. The van der Waals surface area contributed by atoms with Crippen molar-refractivity contribution in [3.8, 4) is 0 Å². The SMILES string of the molecule is CCCCCC(CCOCC(F)F)NN. The zero-order chi connectivity index (χ0) is 11.5. The fraction of sp³-hybridized carbons (Fsp3) is 1.00. The molecular formula is C10H22F2N2O. The first-order valence-electron chi connectivity index (χ1n) is 5.52. The van der Waals surface area contributed by atoms with E-state index >= 15 is 0 Å². The standard InChI is InChI=1S/C10H22F2N2O/c1-2-3-4-5-9(14-13)6-7-15-8-10(11)12/h9-10,14H,2-8,13H2,1H3. The van der Waals surface area contributed by atoms with Crippen molar-refractivity contribution in [3.63, 3.8) is 0 Å². The van der Waals surface area contributed by atoms with Gasteiger partial charge in [-0.3, -0.25) is 11.3 Å². The predicted octanol–water partition coefficient (Wildman–Crippen LogP) is 2.07. The largest absolute Gasteiger partial charge is 0.375 e. The van der Waals surface area contributed by atoms with E-state index in [1.807, 2.05) is 0 Å². The quantitative estimate of drug-likeness (QED) is 0.339. The number of nitrogens with one attached hydrogen (secondary N) is 1. The second-order valence-corrected chi connectivity index (χ2v) is 3.61. The molecule has 0 saturated carbocycles. The van der Waals surface area contributed by atoms with Crippen LogP contribution in [0.3, 0.4) is 0 Å². The molecule has 0 aliphatic rings. The first-order valence-corrected chi connectivity index (χ1v) is 5.52. The first-order chi connectivity index (χ1) is 7.20. The fourth-order valence-corrected chi connectivity index (χ4v) is 1.35. The number of hydrazine groups is 1. The van der Waals surface area contributed by atoms with E-state index in [2.05, 4.69) is 12.3 Å². The molecule has 0 aromatic rings. The molecular weight excluding hydrogens is 202 g/mol. The molecule has 15 heavy (non-hydrogen) atoms. The van der Waals surface area contributed by atoms with Crippen LogP contribution in [0.25, 0.3) is 0 Å². The molecule has 92 valence electrons. The van der Waals surface area contributed by atoms with Crippen molar-refractivity contribution >= 4 is 0 Å². The lowest BCUT2D eigenvalue weighted by Crippen LogP contribution is -2.36. The topological polar surface area (TPSA) is 47.3 Å². The summed E-state index contributed by atoms with van der Waals surface area (Å²) in [5.41, 5.74) is 2.68. The van der Waals surface area contributed by atoms with Crippen molar-refractivity contribution in [2.24, 2.45) is 5.84 Å². The highest BCUT2D eigenvalue weighted by Gasteiger charge is 2.07. The molecule has 0 aliphatic heterocycles. The van der Waals surface area contributed by atoms with Crippen molar-refractivity contribution in [2.45, 2.75) is 51.5 Å². The van der Waals surface area contributed by atoms with E-state index in [1.165, 1.54) is 12.8 Å². The maximum Gasteiger partial charge on any atom is 0.261 e. The minimum absolute atomic E-state index is 0.175. The van der Waals surface area contributed by atoms with Gasteiger partial charge in [0.15, 0.2) is 0 Å². The fourth-order valence-electron chi connectivity index (χ4n) is 1.35. The summed E-state index contributed by atoms with van der Waals surface area (Å²) < 4.78 is 28.2. The van der Waals surface area contributed by atoms with E-state index in [-0.39, 0.29) is 6.04 Å². The van der Waals surface area contributed by atoms with Crippen LogP contribution in [0, 0.1) is 0 Å². The zero-order valence-electron chi connectivity index (χ0n) is 9.35. The third-order valence-electron chi connectivity index (χ3n) is 2.25. The van der Waals surface area contributed by atoms with Gasteiger partial charge in [-0.1, -0.05) is 26.2 Å². The number of hydrogen-bond donors (Lipinski definition) is 2. The Morgan fingerprint density at radius 3 is 2.53 bits per heavy atom. The van der Waals surface area contributed by atoms with Crippen LogP contribution in [0.15, 0.2) is 0 Å². The van der Waals surface area contributed by atoms with Crippen LogP contribution in [0.5, 0.6) is 0 Å². The van der Waals surface area contributed by atoms with E-state index in [0.29, 0.717) is 13.0 Å². The van der Waals surface area contributed by atoms with Gasteiger partial charge in [0.25, 0.3) is 6.43 Å². The molecule has 3 nitrogen and oxygen atoms in total.